The summed E-state index contributed by atoms with van der Waals surface area (Å²) in [5.74, 6) is 0. The molecule has 10 rings (SSSR count). The van der Waals surface area contributed by atoms with Gasteiger partial charge in [0.1, 0.15) is 0 Å². The molecule has 4 N–H and O–H groups in total. The average molecular weight is 1010 g/mol. The smallest absolute Gasteiger partial charge is 0.188 e. The van der Waals surface area contributed by atoms with Gasteiger partial charge >= 0.3 is 0 Å². The van der Waals surface area contributed by atoms with Crippen molar-refractivity contribution in [2.24, 2.45) is 0 Å². The minimum absolute atomic E-state index is 0.848. The van der Waals surface area contributed by atoms with E-state index in [1.165, 1.54) is 0 Å². The summed E-state index contributed by atoms with van der Waals surface area (Å²) in [5.41, 5.74) is 12.2. The van der Waals surface area contributed by atoms with Gasteiger partial charge < -0.3 is 21.3 Å². The summed E-state index contributed by atoms with van der Waals surface area (Å²) in [6, 6.07) is 57.0. The molecule has 0 saturated carbocycles. The zero-order valence-corrected chi connectivity index (χ0v) is 38.9. The van der Waals surface area contributed by atoms with Crippen LogP contribution in [-0.2, 0) is 0 Å². The summed E-state index contributed by atoms with van der Waals surface area (Å²) in [7, 11) is 0. The van der Waals surface area contributed by atoms with Gasteiger partial charge in [0, 0.05) is 55.8 Å². The second kappa shape index (κ2) is 19.8. The third-order valence-corrected chi connectivity index (χ3v) is 13.9. The van der Waals surface area contributed by atoms with E-state index in [1.807, 2.05) is 121 Å². The van der Waals surface area contributed by atoms with Crippen LogP contribution in [0.15, 0.2) is 188 Å². The Morgan fingerprint density at radius 3 is 0.935 bits per heavy atom. The molecule has 0 aliphatic heterocycles. The zero-order chi connectivity index (χ0) is 42.1. The number of halogens is 2. The van der Waals surface area contributed by atoms with E-state index in [9.17, 15) is 0 Å². The topological polar surface area (TPSA) is 99.7 Å². The molecule has 4 aromatic heterocycles. The van der Waals surface area contributed by atoms with Gasteiger partial charge in [-0.3, -0.25) is 0 Å². The van der Waals surface area contributed by atoms with Crippen molar-refractivity contribution in [3.05, 3.63) is 188 Å². The maximum atomic E-state index is 4.77. The summed E-state index contributed by atoms with van der Waals surface area (Å²) in [5, 5.41) is 21.0. The van der Waals surface area contributed by atoms with Crippen molar-refractivity contribution in [2.75, 3.05) is 21.3 Å². The Bertz CT molecular complexity index is 2770. The van der Waals surface area contributed by atoms with Crippen LogP contribution < -0.4 is 21.3 Å². The Hall–Kier alpha value is -6.00. The van der Waals surface area contributed by atoms with E-state index in [2.05, 4.69) is 112 Å². The molecule has 0 aliphatic rings. The van der Waals surface area contributed by atoms with Gasteiger partial charge in [0.15, 0.2) is 20.5 Å². The third-order valence-electron chi connectivity index (χ3n) is 9.19. The Balaban J connectivity index is 0.000000158. The molecular formula is C48H34Br2N8S4. The lowest BCUT2D eigenvalue weighted by Crippen LogP contribution is -1.89. The molecule has 10 aromatic rings. The van der Waals surface area contributed by atoms with Gasteiger partial charge in [-0.05, 0) is 80.4 Å². The van der Waals surface area contributed by atoms with Gasteiger partial charge in [-0.15, -0.1) is 22.7 Å². The highest BCUT2D eigenvalue weighted by Gasteiger charge is 2.15. The van der Waals surface area contributed by atoms with Crippen LogP contribution in [0.2, 0.25) is 0 Å². The highest BCUT2D eigenvalue weighted by molar-refractivity contribution is 9.11. The van der Waals surface area contributed by atoms with Gasteiger partial charge in [-0.2, -0.15) is 0 Å². The number of nitrogens with zero attached hydrogens (tertiary/aromatic N) is 4. The molecule has 0 atom stereocenters. The molecule has 0 fully saturated rings. The fraction of sp³-hybridized carbons (Fsp3) is 0. The monoisotopic (exact) mass is 1010 g/mol. The van der Waals surface area contributed by atoms with Gasteiger partial charge in [-0.1, -0.05) is 144 Å². The Kier molecular flexibility index (Phi) is 13.2. The lowest BCUT2D eigenvalue weighted by atomic mass is 10.1. The van der Waals surface area contributed by atoms with E-state index in [1.54, 1.807) is 45.3 Å². The van der Waals surface area contributed by atoms with E-state index >= 15 is 0 Å². The SMILES string of the molecule is Brc1sc(Nc2ccccc2)nc1-c1ccc(-c2nc(Nc3ccccc3)sc2Br)cc1.c1ccc(Nc2nc(-c3ccc(-c4csc(Nc5ccccc5)n4)cc3)cs2)cc1. The van der Waals surface area contributed by atoms with Crippen molar-refractivity contribution in [1.82, 2.24) is 19.9 Å². The lowest BCUT2D eigenvalue weighted by Gasteiger charge is -2.03. The summed E-state index contributed by atoms with van der Waals surface area (Å²) in [6.45, 7) is 0. The predicted molar refractivity (Wildman–Crippen MR) is 272 cm³/mol. The zero-order valence-electron chi connectivity index (χ0n) is 32.5. The largest absolute Gasteiger partial charge is 0.332 e. The number of aromatic nitrogens is 4. The van der Waals surface area contributed by atoms with Crippen LogP contribution in [0.4, 0.5) is 43.3 Å². The summed E-state index contributed by atoms with van der Waals surface area (Å²) >= 11 is 13.7. The number of anilines is 8. The van der Waals surface area contributed by atoms with Crippen LogP contribution in [0, 0.1) is 0 Å². The van der Waals surface area contributed by atoms with Crippen LogP contribution in [0.25, 0.3) is 45.0 Å². The maximum Gasteiger partial charge on any atom is 0.188 e. The highest BCUT2D eigenvalue weighted by Crippen LogP contribution is 2.40. The van der Waals surface area contributed by atoms with E-state index in [-0.39, 0.29) is 0 Å². The van der Waals surface area contributed by atoms with E-state index in [0.29, 0.717) is 0 Å². The van der Waals surface area contributed by atoms with Crippen molar-refractivity contribution in [3.8, 4) is 45.0 Å². The molecule has 0 bridgehead atoms. The van der Waals surface area contributed by atoms with Crippen molar-refractivity contribution >= 4 is 120 Å². The normalized spacial score (nSPS) is 10.7. The first-order chi connectivity index (χ1) is 30.5. The fourth-order valence-corrected chi connectivity index (χ4v) is 10.7. The fourth-order valence-electron chi connectivity index (χ4n) is 6.17. The number of hydrogen-bond acceptors (Lipinski definition) is 12. The summed E-state index contributed by atoms with van der Waals surface area (Å²) in [6.07, 6.45) is 0. The second-order valence-corrected chi connectivity index (χ2v) is 19.8. The molecule has 4 heterocycles. The first-order valence-corrected chi connectivity index (χ1v) is 24.2. The standard InChI is InChI=1S/C24H16Br2N4S2.C24H18N4S2/c25-21-19(29-23(31-21)27-17-7-3-1-4-8-17)15-11-13-16(14-12-15)20-22(26)32-24(30-20)28-18-9-5-2-6-10-18;1-3-7-19(8-4-1)25-23-27-21(15-29-23)17-11-13-18(14-12-17)22-16-30-24(28-22)26-20-9-5-2-6-10-20/h1-14H,(H,27,29)(H,28,30);1-16H,(H,25,27)(H,26,28). The Labute approximate surface area is 391 Å². The van der Waals surface area contributed by atoms with Crippen LogP contribution >= 0.6 is 77.2 Å². The highest BCUT2D eigenvalue weighted by atomic mass is 79.9. The number of thiazole rings is 4. The van der Waals surface area contributed by atoms with Gasteiger partial charge in [-0.25, -0.2) is 19.9 Å². The van der Waals surface area contributed by atoms with Crippen molar-refractivity contribution in [2.45, 2.75) is 0 Å². The van der Waals surface area contributed by atoms with Crippen molar-refractivity contribution in [3.63, 3.8) is 0 Å². The quantitative estimate of drug-likeness (QED) is 0.0961. The molecule has 0 saturated heterocycles. The average Bonchev–Trinajstić information content (AvgIpc) is 4.13. The van der Waals surface area contributed by atoms with Gasteiger partial charge in [0.25, 0.3) is 0 Å². The van der Waals surface area contributed by atoms with E-state index < -0.39 is 0 Å². The number of para-hydroxylation sites is 4. The third kappa shape index (κ3) is 10.5. The van der Waals surface area contributed by atoms with Crippen LogP contribution in [0.1, 0.15) is 0 Å². The van der Waals surface area contributed by atoms with Gasteiger partial charge in [0.2, 0.25) is 0 Å². The van der Waals surface area contributed by atoms with Crippen LogP contribution in [0.3, 0.4) is 0 Å². The van der Waals surface area contributed by atoms with Crippen molar-refractivity contribution < 1.29 is 0 Å². The molecule has 62 heavy (non-hydrogen) atoms. The summed E-state index contributed by atoms with van der Waals surface area (Å²) < 4.78 is 1.99. The minimum Gasteiger partial charge on any atom is -0.332 e. The van der Waals surface area contributed by atoms with E-state index in [0.717, 1.165) is 95.9 Å². The molecule has 0 aliphatic carbocycles. The molecule has 6 aromatic carbocycles. The Morgan fingerprint density at radius 1 is 0.323 bits per heavy atom. The molecule has 304 valence electrons. The molecule has 0 amide bonds. The number of nitrogens with one attached hydrogen (secondary N) is 4. The van der Waals surface area contributed by atoms with Crippen LogP contribution in [-0.4, -0.2) is 19.9 Å². The number of hydrogen-bond donors (Lipinski definition) is 4. The Morgan fingerprint density at radius 2 is 0.613 bits per heavy atom. The predicted octanol–water partition coefficient (Wildman–Crippen LogP) is 16.4. The molecule has 0 radical (unpaired) electrons. The number of benzene rings is 6. The molecule has 14 heteroatoms. The van der Waals surface area contributed by atoms with Crippen molar-refractivity contribution in [1.29, 1.82) is 0 Å². The molecular weight excluding hydrogens is 977 g/mol. The summed E-state index contributed by atoms with van der Waals surface area (Å²) in [4.78, 5) is 19.0. The second-order valence-electron chi connectivity index (χ2n) is 13.5. The van der Waals surface area contributed by atoms with Crippen LogP contribution in [0.5, 0.6) is 0 Å². The molecule has 8 nitrogen and oxygen atoms in total. The number of rotatable bonds is 12. The first-order valence-electron chi connectivity index (χ1n) is 19.2. The molecule has 0 unspecified atom stereocenters. The van der Waals surface area contributed by atoms with E-state index in [4.69, 9.17) is 19.9 Å². The first kappa shape index (κ1) is 41.4. The minimum atomic E-state index is 0.848. The lowest BCUT2D eigenvalue weighted by molar-refractivity contribution is 1.36. The molecule has 0 spiro atoms. The maximum absolute atomic E-state index is 4.77. The van der Waals surface area contributed by atoms with Gasteiger partial charge in [0.05, 0.1) is 30.3 Å².